The molecule has 10 heavy (non-hydrogen) atoms. The summed E-state index contributed by atoms with van der Waals surface area (Å²) in [6.45, 7) is 8.73. The topological polar surface area (TPSA) is 52.0 Å². The first-order valence-electron chi connectivity index (χ1n) is 3.83. The Kier molecular flexibility index (Phi) is 1.40. The average molecular weight is 142 g/mol. The van der Waals surface area contributed by atoms with Crippen LogP contribution in [0.15, 0.2) is 0 Å². The molecule has 0 aliphatic heterocycles. The second kappa shape index (κ2) is 1.74. The van der Waals surface area contributed by atoms with E-state index in [2.05, 4.69) is 27.7 Å². The van der Waals surface area contributed by atoms with Gasteiger partial charge in [-0.05, 0) is 10.8 Å². The number of hydrogen-bond acceptors (Lipinski definition) is 2. The van der Waals surface area contributed by atoms with E-state index in [0.717, 1.165) is 0 Å². The SMILES string of the molecule is CC1(C)C(N)C(N)C1(C)C. The van der Waals surface area contributed by atoms with E-state index < -0.39 is 0 Å². The van der Waals surface area contributed by atoms with Crippen LogP contribution in [-0.2, 0) is 0 Å². The van der Waals surface area contributed by atoms with Gasteiger partial charge in [0.1, 0.15) is 0 Å². The Morgan fingerprint density at radius 3 is 1.10 bits per heavy atom. The summed E-state index contributed by atoms with van der Waals surface area (Å²) in [6, 6.07) is 0.338. The van der Waals surface area contributed by atoms with Crippen LogP contribution in [0.1, 0.15) is 27.7 Å². The summed E-state index contributed by atoms with van der Waals surface area (Å²) in [5, 5.41) is 0. The van der Waals surface area contributed by atoms with Gasteiger partial charge in [0.15, 0.2) is 0 Å². The summed E-state index contributed by atoms with van der Waals surface area (Å²) in [7, 11) is 0. The first kappa shape index (κ1) is 8.02. The van der Waals surface area contributed by atoms with Crippen molar-refractivity contribution in [2.24, 2.45) is 22.3 Å². The first-order chi connectivity index (χ1) is 4.32. The molecule has 0 heterocycles. The van der Waals surface area contributed by atoms with Crippen LogP contribution in [0.25, 0.3) is 0 Å². The molecule has 1 rings (SSSR count). The molecule has 1 aliphatic rings. The molecule has 2 unspecified atom stereocenters. The molecule has 0 saturated heterocycles. The summed E-state index contributed by atoms with van der Waals surface area (Å²) in [6.07, 6.45) is 0. The summed E-state index contributed by atoms with van der Waals surface area (Å²) in [5.41, 5.74) is 12.1. The molecular formula is C8H18N2. The summed E-state index contributed by atoms with van der Waals surface area (Å²) < 4.78 is 0. The highest BCUT2D eigenvalue weighted by molar-refractivity contribution is 5.14. The second-order valence-electron chi connectivity index (χ2n) is 4.49. The van der Waals surface area contributed by atoms with Crippen molar-refractivity contribution in [3.8, 4) is 0 Å². The molecule has 60 valence electrons. The van der Waals surface area contributed by atoms with Crippen LogP contribution in [0.5, 0.6) is 0 Å². The molecule has 2 heteroatoms. The normalized spacial score (nSPS) is 42.6. The molecule has 0 bridgehead atoms. The van der Waals surface area contributed by atoms with Gasteiger partial charge in [0.05, 0.1) is 0 Å². The highest BCUT2D eigenvalue weighted by Gasteiger charge is 2.58. The van der Waals surface area contributed by atoms with E-state index in [4.69, 9.17) is 11.5 Å². The van der Waals surface area contributed by atoms with Crippen molar-refractivity contribution in [2.45, 2.75) is 39.8 Å². The number of rotatable bonds is 0. The van der Waals surface area contributed by atoms with Crippen LogP contribution in [0, 0.1) is 10.8 Å². The van der Waals surface area contributed by atoms with E-state index in [1.807, 2.05) is 0 Å². The quantitative estimate of drug-likeness (QED) is 0.523. The van der Waals surface area contributed by atoms with Gasteiger partial charge < -0.3 is 11.5 Å². The van der Waals surface area contributed by atoms with Crippen molar-refractivity contribution < 1.29 is 0 Å². The average Bonchev–Trinajstić information content (AvgIpc) is 1.84. The van der Waals surface area contributed by atoms with Crippen molar-refractivity contribution in [3.63, 3.8) is 0 Å². The lowest BCUT2D eigenvalue weighted by Gasteiger charge is -2.62. The Balaban J connectivity index is 2.82. The maximum absolute atomic E-state index is 5.85. The van der Waals surface area contributed by atoms with Gasteiger partial charge in [0.2, 0.25) is 0 Å². The molecule has 0 aromatic carbocycles. The predicted octanol–water partition coefficient (Wildman–Crippen LogP) is 0.707. The van der Waals surface area contributed by atoms with Crippen LogP contribution >= 0.6 is 0 Å². The number of nitrogens with two attached hydrogens (primary N) is 2. The second-order valence-corrected chi connectivity index (χ2v) is 4.49. The van der Waals surface area contributed by atoms with Crippen molar-refractivity contribution in [2.75, 3.05) is 0 Å². The van der Waals surface area contributed by atoms with Crippen LogP contribution in [-0.4, -0.2) is 12.1 Å². The van der Waals surface area contributed by atoms with Crippen molar-refractivity contribution in [1.29, 1.82) is 0 Å². The summed E-state index contributed by atoms with van der Waals surface area (Å²) in [5.74, 6) is 0. The molecule has 1 fully saturated rings. The fourth-order valence-corrected chi connectivity index (χ4v) is 1.66. The van der Waals surface area contributed by atoms with Crippen molar-refractivity contribution >= 4 is 0 Å². The fraction of sp³-hybridized carbons (Fsp3) is 1.00. The molecule has 1 saturated carbocycles. The van der Waals surface area contributed by atoms with E-state index in [-0.39, 0.29) is 22.9 Å². The lowest BCUT2D eigenvalue weighted by Crippen LogP contribution is -2.74. The lowest BCUT2D eigenvalue weighted by atomic mass is 9.47. The Morgan fingerprint density at radius 1 is 0.800 bits per heavy atom. The largest absolute Gasteiger partial charge is 0.326 e. The smallest absolute Gasteiger partial charge is 0.0255 e. The molecule has 0 amide bonds. The first-order valence-corrected chi connectivity index (χ1v) is 3.83. The Morgan fingerprint density at radius 2 is 1.00 bits per heavy atom. The molecule has 2 atom stereocenters. The maximum Gasteiger partial charge on any atom is 0.0255 e. The molecular weight excluding hydrogens is 124 g/mol. The minimum absolute atomic E-state index is 0.169. The molecule has 1 aliphatic carbocycles. The Hall–Kier alpha value is -0.0800. The third-order valence-electron chi connectivity index (χ3n) is 3.71. The molecule has 2 nitrogen and oxygen atoms in total. The van der Waals surface area contributed by atoms with Gasteiger partial charge in [-0.15, -0.1) is 0 Å². The van der Waals surface area contributed by atoms with Crippen LogP contribution in [0.4, 0.5) is 0 Å². The van der Waals surface area contributed by atoms with E-state index in [1.54, 1.807) is 0 Å². The van der Waals surface area contributed by atoms with E-state index in [0.29, 0.717) is 0 Å². The number of hydrogen-bond donors (Lipinski definition) is 2. The van der Waals surface area contributed by atoms with E-state index in [1.165, 1.54) is 0 Å². The van der Waals surface area contributed by atoms with Gasteiger partial charge in [-0.1, -0.05) is 27.7 Å². The van der Waals surface area contributed by atoms with Crippen molar-refractivity contribution in [3.05, 3.63) is 0 Å². The van der Waals surface area contributed by atoms with Crippen LogP contribution < -0.4 is 11.5 Å². The third kappa shape index (κ3) is 0.611. The zero-order chi connectivity index (χ0) is 8.15. The molecule has 4 N–H and O–H groups in total. The zero-order valence-corrected chi connectivity index (χ0v) is 7.31. The predicted molar refractivity (Wildman–Crippen MR) is 43.5 cm³/mol. The highest BCUT2D eigenvalue weighted by atomic mass is 14.9. The fourth-order valence-electron chi connectivity index (χ4n) is 1.66. The van der Waals surface area contributed by atoms with Gasteiger partial charge in [-0.25, -0.2) is 0 Å². The van der Waals surface area contributed by atoms with E-state index in [9.17, 15) is 0 Å². The standard InChI is InChI=1S/C8H18N2/c1-7(2)5(9)6(10)8(7,3)4/h5-6H,9-10H2,1-4H3. The zero-order valence-electron chi connectivity index (χ0n) is 7.31. The van der Waals surface area contributed by atoms with E-state index >= 15 is 0 Å². The summed E-state index contributed by atoms with van der Waals surface area (Å²) >= 11 is 0. The van der Waals surface area contributed by atoms with Crippen LogP contribution in [0.3, 0.4) is 0 Å². The van der Waals surface area contributed by atoms with Gasteiger partial charge in [0.25, 0.3) is 0 Å². The summed E-state index contributed by atoms with van der Waals surface area (Å²) in [4.78, 5) is 0. The highest BCUT2D eigenvalue weighted by Crippen LogP contribution is 2.53. The minimum Gasteiger partial charge on any atom is -0.326 e. The maximum atomic E-state index is 5.85. The van der Waals surface area contributed by atoms with Gasteiger partial charge >= 0.3 is 0 Å². The third-order valence-corrected chi connectivity index (χ3v) is 3.71. The Bertz CT molecular complexity index is 131. The van der Waals surface area contributed by atoms with Crippen LogP contribution in [0.2, 0.25) is 0 Å². The van der Waals surface area contributed by atoms with Crippen molar-refractivity contribution in [1.82, 2.24) is 0 Å². The Labute approximate surface area is 63.0 Å². The molecule has 0 radical (unpaired) electrons. The van der Waals surface area contributed by atoms with Gasteiger partial charge in [0, 0.05) is 12.1 Å². The van der Waals surface area contributed by atoms with Gasteiger partial charge in [-0.3, -0.25) is 0 Å². The minimum atomic E-state index is 0.169. The molecule has 0 spiro atoms. The molecule has 0 aromatic rings. The monoisotopic (exact) mass is 142 g/mol. The van der Waals surface area contributed by atoms with Gasteiger partial charge in [-0.2, -0.15) is 0 Å². The molecule has 0 aromatic heterocycles. The lowest BCUT2D eigenvalue weighted by molar-refractivity contribution is -0.0700.